The van der Waals surface area contributed by atoms with Crippen LogP contribution in [-0.2, 0) is 9.53 Å². The quantitative estimate of drug-likeness (QED) is 0.833. The van der Waals surface area contributed by atoms with E-state index in [0.717, 1.165) is 5.56 Å². The molecule has 0 amide bonds. The van der Waals surface area contributed by atoms with Crippen molar-refractivity contribution in [1.82, 2.24) is 0 Å². The standard InChI is InChI=1S/C14H13BrO2/c1-10-13(17-9-12(15)14(10)16)8-7-11-5-3-2-4-6-11/h2-10,13H,1H3/b8-7+/t10-,13+/m1/s1. The van der Waals surface area contributed by atoms with Gasteiger partial charge >= 0.3 is 0 Å². The molecule has 0 fully saturated rings. The van der Waals surface area contributed by atoms with E-state index in [4.69, 9.17) is 4.74 Å². The number of hydrogen-bond acceptors (Lipinski definition) is 2. The summed E-state index contributed by atoms with van der Waals surface area (Å²) in [5, 5.41) is 0. The highest BCUT2D eigenvalue weighted by Crippen LogP contribution is 2.25. The fourth-order valence-electron chi connectivity index (χ4n) is 1.66. The molecule has 2 atom stereocenters. The second-order valence-electron chi connectivity index (χ2n) is 3.99. The van der Waals surface area contributed by atoms with Gasteiger partial charge in [-0.3, -0.25) is 4.79 Å². The average molecular weight is 293 g/mol. The minimum atomic E-state index is -0.191. The Labute approximate surface area is 109 Å². The molecule has 0 aromatic heterocycles. The molecule has 2 nitrogen and oxygen atoms in total. The normalized spacial score (nSPS) is 24.6. The average Bonchev–Trinajstić information content (AvgIpc) is 2.36. The lowest BCUT2D eigenvalue weighted by Crippen LogP contribution is -2.29. The minimum Gasteiger partial charge on any atom is -0.492 e. The number of Topliss-reactive ketones (excluding diaryl/α,β-unsaturated/α-hetero) is 1. The summed E-state index contributed by atoms with van der Waals surface area (Å²) in [4.78, 5) is 11.7. The molecule has 1 heterocycles. The first kappa shape index (κ1) is 12.1. The number of ether oxygens (including phenoxy) is 1. The van der Waals surface area contributed by atoms with Crippen molar-refractivity contribution in [2.75, 3.05) is 0 Å². The summed E-state index contributed by atoms with van der Waals surface area (Å²) in [5.74, 6) is -0.0756. The van der Waals surface area contributed by atoms with Crippen LogP contribution >= 0.6 is 15.9 Å². The molecule has 88 valence electrons. The predicted octanol–water partition coefficient (Wildman–Crippen LogP) is 3.54. The summed E-state index contributed by atoms with van der Waals surface area (Å²) >= 11 is 3.18. The zero-order valence-electron chi connectivity index (χ0n) is 9.47. The van der Waals surface area contributed by atoms with Crippen molar-refractivity contribution in [3.05, 3.63) is 52.7 Å². The second kappa shape index (κ2) is 5.32. The van der Waals surface area contributed by atoms with Crippen LogP contribution in [0.3, 0.4) is 0 Å². The van der Waals surface area contributed by atoms with Crippen molar-refractivity contribution in [2.45, 2.75) is 13.0 Å². The predicted molar refractivity (Wildman–Crippen MR) is 71.5 cm³/mol. The number of benzene rings is 1. The van der Waals surface area contributed by atoms with Gasteiger partial charge in [-0.1, -0.05) is 43.3 Å². The Kier molecular flexibility index (Phi) is 3.79. The van der Waals surface area contributed by atoms with E-state index in [1.165, 1.54) is 6.26 Å². The van der Waals surface area contributed by atoms with E-state index in [0.29, 0.717) is 4.48 Å². The largest absolute Gasteiger partial charge is 0.492 e. The van der Waals surface area contributed by atoms with Crippen LogP contribution in [0.5, 0.6) is 0 Å². The van der Waals surface area contributed by atoms with Gasteiger partial charge in [-0.05, 0) is 27.6 Å². The maximum Gasteiger partial charge on any atom is 0.179 e. The van der Waals surface area contributed by atoms with Crippen molar-refractivity contribution in [3.63, 3.8) is 0 Å². The van der Waals surface area contributed by atoms with Gasteiger partial charge in [-0.2, -0.15) is 0 Å². The highest BCUT2D eigenvalue weighted by molar-refractivity contribution is 9.12. The molecule has 1 aliphatic heterocycles. The summed E-state index contributed by atoms with van der Waals surface area (Å²) in [6.07, 6.45) is 5.18. The van der Waals surface area contributed by atoms with Crippen LogP contribution in [0.1, 0.15) is 12.5 Å². The van der Waals surface area contributed by atoms with Gasteiger partial charge < -0.3 is 4.74 Å². The Morgan fingerprint density at radius 3 is 2.71 bits per heavy atom. The third-order valence-corrected chi connectivity index (χ3v) is 3.33. The van der Waals surface area contributed by atoms with Gasteiger partial charge in [0, 0.05) is 0 Å². The van der Waals surface area contributed by atoms with Gasteiger partial charge in [0.05, 0.1) is 10.4 Å². The second-order valence-corrected chi connectivity index (χ2v) is 4.84. The number of allylic oxidation sites excluding steroid dienone is 1. The van der Waals surface area contributed by atoms with E-state index >= 15 is 0 Å². The molecule has 3 heteroatoms. The molecule has 0 unspecified atom stereocenters. The zero-order chi connectivity index (χ0) is 12.3. The molecular formula is C14H13BrO2. The number of hydrogen-bond donors (Lipinski definition) is 0. The summed E-state index contributed by atoms with van der Waals surface area (Å²) in [5.41, 5.74) is 1.10. The van der Waals surface area contributed by atoms with E-state index in [2.05, 4.69) is 15.9 Å². The van der Waals surface area contributed by atoms with E-state index < -0.39 is 0 Å². The molecule has 0 saturated carbocycles. The van der Waals surface area contributed by atoms with Crippen LogP contribution in [0.25, 0.3) is 6.08 Å². The molecule has 0 radical (unpaired) electrons. The van der Waals surface area contributed by atoms with Crippen molar-refractivity contribution in [1.29, 1.82) is 0 Å². The Balaban J connectivity index is 2.10. The van der Waals surface area contributed by atoms with Crippen molar-refractivity contribution in [2.24, 2.45) is 5.92 Å². The molecule has 0 spiro atoms. The Hall–Kier alpha value is -1.35. The highest BCUT2D eigenvalue weighted by Gasteiger charge is 2.28. The lowest BCUT2D eigenvalue weighted by molar-refractivity contribution is -0.122. The number of halogens is 1. The SMILES string of the molecule is C[C@H]1C(=O)C(Br)=CO[C@H]1/C=C/c1ccccc1. The molecule has 0 bridgehead atoms. The van der Waals surface area contributed by atoms with Gasteiger partial charge in [0.25, 0.3) is 0 Å². The molecule has 1 aliphatic rings. The molecule has 17 heavy (non-hydrogen) atoms. The molecule has 0 N–H and O–H groups in total. The first-order chi connectivity index (χ1) is 8.18. The Bertz CT molecular complexity index is 462. The summed E-state index contributed by atoms with van der Waals surface area (Å²) in [6, 6.07) is 9.95. The summed E-state index contributed by atoms with van der Waals surface area (Å²) < 4.78 is 5.99. The maximum absolute atomic E-state index is 11.7. The molecule has 0 aliphatic carbocycles. The first-order valence-corrected chi connectivity index (χ1v) is 6.26. The van der Waals surface area contributed by atoms with Gasteiger partial charge in [-0.25, -0.2) is 0 Å². The maximum atomic E-state index is 11.7. The molecule has 1 aromatic carbocycles. The first-order valence-electron chi connectivity index (χ1n) is 5.47. The monoisotopic (exact) mass is 292 g/mol. The Morgan fingerprint density at radius 2 is 2.00 bits per heavy atom. The molecular weight excluding hydrogens is 280 g/mol. The van der Waals surface area contributed by atoms with Crippen LogP contribution < -0.4 is 0 Å². The fourth-order valence-corrected chi connectivity index (χ4v) is 2.13. The van der Waals surface area contributed by atoms with Crippen LogP contribution in [0, 0.1) is 5.92 Å². The number of carbonyl (C=O) groups is 1. The molecule has 2 rings (SSSR count). The van der Waals surface area contributed by atoms with Crippen LogP contribution in [0.4, 0.5) is 0 Å². The third kappa shape index (κ3) is 2.86. The van der Waals surface area contributed by atoms with Gasteiger partial charge in [-0.15, -0.1) is 0 Å². The van der Waals surface area contributed by atoms with Gasteiger partial charge in [0.1, 0.15) is 12.4 Å². The Morgan fingerprint density at radius 1 is 1.29 bits per heavy atom. The highest BCUT2D eigenvalue weighted by atomic mass is 79.9. The van der Waals surface area contributed by atoms with Crippen LogP contribution in [-0.4, -0.2) is 11.9 Å². The van der Waals surface area contributed by atoms with E-state index in [-0.39, 0.29) is 17.8 Å². The van der Waals surface area contributed by atoms with E-state index in [1.807, 2.05) is 49.4 Å². The van der Waals surface area contributed by atoms with Crippen LogP contribution in [0.15, 0.2) is 47.2 Å². The third-order valence-electron chi connectivity index (χ3n) is 2.75. The lowest BCUT2D eigenvalue weighted by atomic mass is 9.97. The molecule has 1 aromatic rings. The van der Waals surface area contributed by atoms with Gasteiger partial charge in [0.15, 0.2) is 5.78 Å². The van der Waals surface area contributed by atoms with E-state index in [9.17, 15) is 4.79 Å². The van der Waals surface area contributed by atoms with Crippen molar-refractivity contribution >= 4 is 27.8 Å². The van der Waals surface area contributed by atoms with E-state index in [1.54, 1.807) is 0 Å². The minimum absolute atomic E-state index is 0.0824. The topological polar surface area (TPSA) is 26.3 Å². The number of carbonyl (C=O) groups excluding carboxylic acids is 1. The summed E-state index contributed by atoms with van der Waals surface area (Å²) in [6.45, 7) is 1.87. The molecule has 0 saturated heterocycles. The zero-order valence-corrected chi connectivity index (χ0v) is 11.1. The van der Waals surface area contributed by atoms with Crippen molar-refractivity contribution in [3.8, 4) is 0 Å². The van der Waals surface area contributed by atoms with Crippen molar-refractivity contribution < 1.29 is 9.53 Å². The number of rotatable bonds is 2. The van der Waals surface area contributed by atoms with Crippen LogP contribution in [0.2, 0.25) is 0 Å². The number of ketones is 1. The lowest BCUT2D eigenvalue weighted by Gasteiger charge is -2.23. The summed E-state index contributed by atoms with van der Waals surface area (Å²) in [7, 11) is 0. The smallest absolute Gasteiger partial charge is 0.179 e. The fraction of sp³-hybridized carbons (Fsp3) is 0.214. The van der Waals surface area contributed by atoms with Gasteiger partial charge in [0.2, 0.25) is 0 Å².